The van der Waals surface area contributed by atoms with Gasteiger partial charge in [-0.05, 0) is 13.0 Å². The van der Waals surface area contributed by atoms with E-state index in [2.05, 4.69) is 5.10 Å². The van der Waals surface area contributed by atoms with Crippen molar-refractivity contribution in [2.45, 2.75) is 13.3 Å². The summed E-state index contributed by atoms with van der Waals surface area (Å²) in [5, 5.41) is 3.92. The summed E-state index contributed by atoms with van der Waals surface area (Å²) in [6, 6.07) is 1.72. The van der Waals surface area contributed by atoms with Crippen molar-refractivity contribution in [1.29, 1.82) is 0 Å². The molecule has 0 spiro atoms. The van der Waals surface area contributed by atoms with Gasteiger partial charge >= 0.3 is 0 Å². The normalized spacial score (nSPS) is 10.3. The summed E-state index contributed by atoms with van der Waals surface area (Å²) in [6.45, 7) is 3.05. The van der Waals surface area contributed by atoms with Gasteiger partial charge in [0.15, 0.2) is 5.78 Å². The van der Waals surface area contributed by atoms with E-state index in [1.807, 2.05) is 6.92 Å². The average Bonchev–Trinajstić information content (AvgIpc) is 2.52. The van der Waals surface area contributed by atoms with E-state index in [0.29, 0.717) is 25.3 Å². The van der Waals surface area contributed by atoms with Crippen molar-refractivity contribution in [3.05, 3.63) is 18.0 Å². The summed E-state index contributed by atoms with van der Waals surface area (Å²) < 4.78 is 6.67. The van der Waals surface area contributed by atoms with Crippen LogP contribution in [0.1, 0.15) is 23.8 Å². The smallest absolute Gasteiger partial charge is 0.183 e. The molecule has 0 fully saturated rings. The van der Waals surface area contributed by atoms with Crippen molar-refractivity contribution in [2.24, 2.45) is 7.05 Å². The number of aryl methyl sites for hydroxylation is 1. The van der Waals surface area contributed by atoms with Crippen LogP contribution >= 0.6 is 0 Å². The zero-order valence-corrected chi connectivity index (χ0v) is 7.99. The van der Waals surface area contributed by atoms with Crippen molar-refractivity contribution in [2.75, 3.05) is 13.2 Å². The third-order valence-electron chi connectivity index (χ3n) is 1.78. The first-order chi connectivity index (χ1) is 6.25. The third-order valence-corrected chi connectivity index (χ3v) is 1.78. The summed E-state index contributed by atoms with van der Waals surface area (Å²) in [5.74, 6) is 0.0773. The van der Waals surface area contributed by atoms with E-state index in [0.717, 1.165) is 0 Å². The molecule has 0 bridgehead atoms. The summed E-state index contributed by atoms with van der Waals surface area (Å²) in [4.78, 5) is 11.5. The lowest BCUT2D eigenvalue weighted by Crippen LogP contribution is -2.09. The molecule has 0 saturated carbocycles. The maximum atomic E-state index is 11.5. The molecule has 1 heterocycles. The second-order valence-corrected chi connectivity index (χ2v) is 2.71. The van der Waals surface area contributed by atoms with Crippen molar-refractivity contribution in [1.82, 2.24) is 9.78 Å². The van der Waals surface area contributed by atoms with E-state index in [1.165, 1.54) is 0 Å². The number of carbonyl (C=O) groups excluding carboxylic acids is 1. The zero-order chi connectivity index (χ0) is 9.68. The van der Waals surface area contributed by atoms with Crippen molar-refractivity contribution in [3.63, 3.8) is 0 Å². The molecular weight excluding hydrogens is 168 g/mol. The van der Waals surface area contributed by atoms with E-state index in [9.17, 15) is 4.79 Å². The Labute approximate surface area is 77.5 Å². The number of hydrogen-bond acceptors (Lipinski definition) is 3. The van der Waals surface area contributed by atoms with Crippen LogP contribution in [0.15, 0.2) is 12.3 Å². The molecule has 0 aliphatic rings. The number of rotatable bonds is 5. The van der Waals surface area contributed by atoms with Crippen molar-refractivity contribution in [3.8, 4) is 0 Å². The van der Waals surface area contributed by atoms with Crippen LogP contribution < -0.4 is 0 Å². The molecule has 4 nitrogen and oxygen atoms in total. The number of ether oxygens (including phenoxy) is 1. The van der Waals surface area contributed by atoms with Crippen LogP contribution in [-0.2, 0) is 11.8 Å². The lowest BCUT2D eigenvalue weighted by Gasteiger charge is -2.01. The van der Waals surface area contributed by atoms with Gasteiger partial charge in [0.2, 0.25) is 0 Å². The van der Waals surface area contributed by atoms with Crippen LogP contribution in [0.5, 0.6) is 0 Å². The Morgan fingerprint density at radius 3 is 3.00 bits per heavy atom. The zero-order valence-electron chi connectivity index (χ0n) is 7.99. The largest absolute Gasteiger partial charge is 0.381 e. The minimum atomic E-state index is 0.0773. The lowest BCUT2D eigenvalue weighted by molar-refractivity contribution is 0.0887. The first kappa shape index (κ1) is 9.92. The SMILES string of the molecule is CCOCCC(=O)c1ccnn1C. The summed E-state index contributed by atoms with van der Waals surface area (Å²) in [5.41, 5.74) is 0.639. The van der Waals surface area contributed by atoms with E-state index in [4.69, 9.17) is 4.74 Å². The standard InChI is InChI=1S/C9H14N2O2/c1-3-13-7-5-9(12)8-4-6-10-11(8)2/h4,6H,3,5,7H2,1-2H3. The van der Waals surface area contributed by atoms with Crippen LogP contribution in [0, 0.1) is 0 Å². The van der Waals surface area contributed by atoms with Gasteiger partial charge in [0.05, 0.1) is 6.61 Å². The van der Waals surface area contributed by atoms with Crippen LogP contribution in [0.2, 0.25) is 0 Å². The fourth-order valence-electron chi connectivity index (χ4n) is 1.08. The highest BCUT2D eigenvalue weighted by Gasteiger charge is 2.08. The minimum Gasteiger partial charge on any atom is -0.381 e. The van der Waals surface area contributed by atoms with Gasteiger partial charge in [0.1, 0.15) is 5.69 Å². The molecule has 13 heavy (non-hydrogen) atoms. The van der Waals surface area contributed by atoms with E-state index >= 15 is 0 Å². The maximum absolute atomic E-state index is 11.5. The Hall–Kier alpha value is -1.16. The van der Waals surface area contributed by atoms with Gasteiger partial charge in [-0.2, -0.15) is 5.10 Å². The Kier molecular flexibility index (Phi) is 3.64. The first-order valence-electron chi connectivity index (χ1n) is 4.34. The minimum absolute atomic E-state index is 0.0773. The molecular formula is C9H14N2O2. The van der Waals surface area contributed by atoms with Gasteiger partial charge in [0, 0.05) is 26.3 Å². The molecule has 0 unspecified atom stereocenters. The molecule has 0 N–H and O–H groups in total. The van der Waals surface area contributed by atoms with Crippen LogP contribution in [0.3, 0.4) is 0 Å². The number of hydrogen-bond donors (Lipinski definition) is 0. The van der Waals surface area contributed by atoms with Gasteiger partial charge < -0.3 is 4.74 Å². The summed E-state index contributed by atoms with van der Waals surface area (Å²) in [7, 11) is 1.76. The Morgan fingerprint density at radius 2 is 2.46 bits per heavy atom. The Balaban J connectivity index is 2.45. The van der Waals surface area contributed by atoms with E-state index in [-0.39, 0.29) is 5.78 Å². The molecule has 0 amide bonds. The molecule has 4 heteroatoms. The van der Waals surface area contributed by atoms with Crippen molar-refractivity contribution < 1.29 is 9.53 Å². The molecule has 1 aromatic rings. The van der Waals surface area contributed by atoms with E-state index in [1.54, 1.807) is 24.0 Å². The maximum Gasteiger partial charge on any atom is 0.183 e. The van der Waals surface area contributed by atoms with Crippen LogP contribution in [0.25, 0.3) is 0 Å². The van der Waals surface area contributed by atoms with Gasteiger partial charge in [-0.3, -0.25) is 9.48 Å². The summed E-state index contributed by atoms with van der Waals surface area (Å²) >= 11 is 0. The second-order valence-electron chi connectivity index (χ2n) is 2.71. The van der Waals surface area contributed by atoms with Crippen LogP contribution in [0.4, 0.5) is 0 Å². The number of Topliss-reactive ketones (excluding diaryl/α,β-unsaturated/α-hetero) is 1. The summed E-state index contributed by atoms with van der Waals surface area (Å²) in [6.07, 6.45) is 2.04. The van der Waals surface area contributed by atoms with Gasteiger partial charge in [-0.25, -0.2) is 0 Å². The molecule has 1 rings (SSSR count). The average molecular weight is 182 g/mol. The topological polar surface area (TPSA) is 44.1 Å². The predicted octanol–water partition coefficient (Wildman–Crippen LogP) is 1.03. The predicted molar refractivity (Wildman–Crippen MR) is 48.6 cm³/mol. The number of nitrogens with zero attached hydrogens (tertiary/aromatic N) is 2. The van der Waals surface area contributed by atoms with Crippen LogP contribution in [-0.4, -0.2) is 28.8 Å². The molecule has 0 radical (unpaired) electrons. The molecule has 0 aliphatic heterocycles. The third kappa shape index (κ3) is 2.66. The van der Waals surface area contributed by atoms with Gasteiger partial charge in [-0.15, -0.1) is 0 Å². The van der Waals surface area contributed by atoms with Crippen molar-refractivity contribution >= 4 is 5.78 Å². The number of aromatic nitrogens is 2. The molecule has 0 saturated heterocycles. The molecule has 0 aromatic carbocycles. The Bertz CT molecular complexity index is 281. The highest BCUT2D eigenvalue weighted by atomic mass is 16.5. The fourth-order valence-corrected chi connectivity index (χ4v) is 1.08. The second kappa shape index (κ2) is 4.77. The lowest BCUT2D eigenvalue weighted by atomic mass is 10.2. The quantitative estimate of drug-likeness (QED) is 0.504. The first-order valence-corrected chi connectivity index (χ1v) is 4.34. The number of ketones is 1. The molecule has 72 valence electrons. The monoisotopic (exact) mass is 182 g/mol. The van der Waals surface area contributed by atoms with E-state index < -0.39 is 0 Å². The highest BCUT2D eigenvalue weighted by molar-refractivity contribution is 5.94. The van der Waals surface area contributed by atoms with Gasteiger partial charge in [0.25, 0.3) is 0 Å². The Morgan fingerprint density at radius 1 is 1.69 bits per heavy atom. The fraction of sp³-hybridized carbons (Fsp3) is 0.556. The molecule has 0 atom stereocenters. The highest BCUT2D eigenvalue weighted by Crippen LogP contribution is 2.01. The number of carbonyl (C=O) groups is 1. The van der Waals surface area contributed by atoms with Gasteiger partial charge in [-0.1, -0.05) is 0 Å². The molecule has 1 aromatic heterocycles. The molecule has 0 aliphatic carbocycles.